The second-order valence-corrected chi connectivity index (χ2v) is 10.0. The van der Waals surface area contributed by atoms with Gasteiger partial charge < -0.3 is 15.7 Å². The molecule has 1 aliphatic rings. The molecule has 0 radical (unpaired) electrons. The van der Waals surface area contributed by atoms with E-state index in [1.54, 1.807) is 29.2 Å². The number of carbonyl (C=O) groups is 2. The number of benzene rings is 2. The van der Waals surface area contributed by atoms with Crippen LogP contribution in [0.3, 0.4) is 0 Å². The maximum atomic E-state index is 13.3. The van der Waals surface area contributed by atoms with Crippen molar-refractivity contribution in [2.45, 2.75) is 45.5 Å². The van der Waals surface area contributed by atoms with E-state index in [4.69, 9.17) is 5.73 Å². The van der Waals surface area contributed by atoms with E-state index in [1.807, 2.05) is 30.7 Å². The predicted octanol–water partition coefficient (Wildman–Crippen LogP) is 4.48. The van der Waals surface area contributed by atoms with Crippen LogP contribution >= 0.6 is 0 Å². The number of likely N-dealkylation sites (tertiary alicyclic amines) is 1. The minimum absolute atomic E-state index is 0.0175. The third-order valence-corrected chi connectivity index (χ3v) is 7.42. The molecule has 5 rings (SSSR count). The molecular weight excluding hydrogens is 523 g/mol. The van der Waals surface area contributed by atoms with Gasteiger partial charge in [-0.3, -0.25) is 14.3 Å². The van der Waals surface area contributed by atoms with Crippen molar-refractivity contribution in [2.75, 3.05) is 13.2 Å². The van der Waals surface area contributed by atoms with Gasteiger partial charge in [0.15, 0.2) is 0 Å². The zero-order chi connectivity index (χ0) is 28.8. The predicted molar refractivity (Wildman–Crippen MR) is 143 cm³/mol. The summed E-state index contributed by atoms with van der Waals surface area (Å²) in [5.74, 6) is -1.07. The Morgan fingerprint density at radius 2 is 1.82 bits per heavy atom. The maximum absolute atomic E-state index is 13.3. The van der Waals surface area contributed by atoms with Gasteiger partial charge in [0.05, 0.1) is 36.0 Å². The first-order valence-corrected chi connectivity index (χ1v) is 12.8. The molecule has 0 spiro atoms. The van der Waals surface area contributed by atoms with Gasteiger partial charge in [0.2, 0.25) is 5.91 Å². The molecule has 2 aromatic carbocycles. The number of halogens is 3. The third-order valence-electron chi connectivity index (χ3n) is 7.42. The van der Waals surface area contributed by atoms with Gasteiger partial charge >= 0.3 is 6.18 Å². The first-order valence-electron chi connectivity index (χ1n) is 12.8. The summed E-state index contributed by atoms with van der Waals surface area (Å²) in [7, 11) is 0. The van der Waals surface area contributed by atoms with E-state index < -0.39 is 17.8 Å². The summed E-state index contributed by atoms with van der Waals surface area (Å²) in [5.41, 5.74) is 8.47. The molecule has 0 aliphatic carbocycles. The number of primary amides is 1. The fraction of sp³-hybridized carbons (Fsp3) is 0.310. The molecule has 1 saturated heterocycles. The lowest BCUT2D eigenvalue weighted by Gasteiger charge is -2.23. The maximum Gasteiger partial charge on any atom is 0.433 e. The third kappa shape index (κ3) is 5.04. The van der Waals surface area contributed by atoms with Gasteiger partial charge in [-0.25, -0.2) is 4.98 Å². The molecule has 11 heteroatoms. The highest BCUT2D eigenvalue weighted by Gasteiger charge is 2.34. The number of aliphatic hydroxyl groups is 1. The first-order chi connectivity index (χ1) is 19.0. The van der Waals surface area contributed by atoms with E-state index in [2.05, 4.69) is 10.1 Å². The lowest BCUT2D eigenvalue weighted by Crippen LogP contribution is -2.37. The highest BCUT2D eigenvalue weighted by molar-refractivity contribution is 6.06. The van der Waals surface area contributed by atoms with Crippen molar-refractivity contribution < 1.29 is 27.9 Å². The molecule has 2 aromatic heterocycles. The minimum atomic E-state index is -4.72. The summed E-state index contributed by atoms with van der Waals surface area (Å²) >= 11 is 0. The molecule has 3 N–H and O–H groups in total. The molecule has 3 heterocycles. The molecule has 208 valence electrons. The van der Waals surface area contributed by atoms with Crippen LogP contribution in [0.5, 0.6) is 0 Å². The molecular formula is C29H28F3N5O3. The van der Waals surface area contributed by atoms with Gasteiger partial charge in [-0.15, -0.1) is 0 Å². The van der Waals surface area contributed by atoms with Crippen molar-refractivity contribution in [3.63, 3.8) is 0 Å². The number of fused-ring (bicyclic) bond motifs is 1. The fourth-order valence-corrected chi connectivity index (χ4v) is 5.38. The number of aliphatic hydroxyl groups excluding tert-OH is 1. The molecule has 2 amide bonds. The molecule has 1 fully saturated rings. The number of hydrogen-bond donors (Lipinski definition) is 2. The largest absolute Gasteiger partial charge is 0.433 e. The van der Waals surface area contributed by atoms with Crippen molar-refractivity contribution >= 4 is 22.7 Å². The molecule has 0 saturated carbocycles. The summed E-state index contributed by atoms with van der Waals surface area (Å²) in [6.07, 6.45) is -3.04. The topological polar surface area (TPSA) is 114 Å². The van der Waals surface area contributed by atoms with Crippen LogP contribution in [-0.2, 0) is 12.7 Å². The van der Waals surface area contributed by atoms with Gasteiger partial charge in [-0.1, -0.05) is 18.2 Å². The zero-order valence-corrected chi connectivity index (χ0v) is 22.0. The summed E-state index contributed by atoms with van der Waals surface area (Å²) in [6.45, 7) is 4.74. The number of amides is 2. The number of alkyl halides is 3. The van der Waals surface area contributed by atoms with Gasteiger partial charge in [0.1, 0.15) is 5.69 Å². The van der Waals surface area contributed by atoms with E-state index in [0.29, 0.717) is 36.0 Å². The number of aryl methyl sites for hydroxylation is 1. The summed E-state index contributed by atoms with van der Waals surface area (Å²) in [6, 6.07) is 12.5. The minimum Gasteiger partial charge on any atom is -0.394 e. The Kier molecular flexibility index (Phi) is 7.09. The fourth-order valence-electron chi connectivity index (χ4n) is 5.38. The molecule has 1 atom stereocenters. The molecule has 8 nitrogen and oxygen atoms in total. The van der Waals surface area contributed by atoms with Crippen LogP contribution in [-0.4, -0.2) is 55.8 Å². The Labute approximate surface area is 228 Å². The Morgan fingerprint density at radius 3 is 2.48 bits per heavy atom. The normalized spacial score (nSPS) is 15.7. The van der Waals surface area contributed by atoms with Crippen molar-refractivity contribution in [2.24, 2.45) is 5.73 Å². The average Bonchev–Trinajstić information content (AvgIpc) is 3.50. The zero-order valence-electron chi connectivity index (χ0n) is 22.0. The molecule has 0 bridgehead atoms. The van der Waals surface area contributed by atoms with Crippen LogP contribution < -0.4 is 5.73 Å². The van der Waals surface area contributed by atoms with Crippen LogP contribution in [0.1, 0.15) is 56.2 Å². The van der Waals surface area contributed by atoms with Crippen LogP contribution in [0.2, 0.25) is 0 Å². The van der Waals surface area contributed by atoms with Crippen LogP contribution in [0.15, 0.2) is 48.5 Å². The van der Waals surface area contributed by atoms with Crippen molar-refractivity contribution in [1.29, 1.82) is 0 Å². The smallest absolute Gasteiger partial charge is 0.394 e. The number of nitrogens with zero attached hydrogens (tertiary/aromatic N) is 4. The van der Waals surface area contributed by atoms with Crippen LogP contribution in [0.4, 0.5) is 13.2 Å². The second kappa shape index (κ2) is 10.4. The molecule has 40 heavy (non-hydrogen) atoms. The lowest BCUT2D eigenvalue weighted by molar-refractivity contribution is -0.141. The Balaban J connectivity index is 1.43. The number of carbonyl (C=O) groups excluding carboxylic acids is 2. The quantitative estimate of drug-likeness (QED) is 0.367. The Bertz CT molecular complexity index is 1610. The van der Waals surface area contributed by atoms with Gasteiger partial charge in [-0.05, 0) is 68.1 Å². The van der Waals surface area contributed by atoms with Crippen LogP contribution in [0, 0.1) is 13.8 Å². The first kappa shape index (κ1) is 27.3. The molecule has 1 aliphatic heterocycles. The van der Waals surface area contributed by atoms with Gasteiger partial charge in [-0.2, -0.15) is 18.3 Å². The van der Waals surface area contributed by atoms with Gasteiger partial charge in [0, 0.05) is 28.8 Å². The highest BCUT2D eigenvalue weighted by atomic mass is 19.4. The SMILES string of the molecule is Cc1nn(Cc2ccc(C(=O)N3CCC[C@@H]3CO)cc2)c(C)c1-c1ccc2nc(C(F)(F)F)cc(C(N)=O)c2c1. The Hall–Kier alpha value is -4.25. The molecule has 4 aromatic rings. The monoisotopic (exact) mass is 551 g/mol. The summed E-state index contributed by atoms with van der Waals surface area (Å²) in [5, 5.41) is 14.4. The van der Waals surface area contributed by atoms with E-state index in [9.17, 15) is 27.9 Å². The van der Waals surface area contributed by atoms with Crippen molar-refractivity contribution in [3.05, 3.63) is 82.3 Å². The standard InChI is InChI=1S/C29H28F3N5O3/c1-16-26(20-9-10-24-22(12-20)23(27(33)39)13-25(34-24)29(30,31)32)17(2)37(35-16)14-18-5-7-19(8-6-18)28(40)36-11-3-4-21(36)15-38/h5-10,12-13,21,38H,3-4,11,14-15H2,1-2H3,(H2,33,39)/t21-/m1/s1. The van der Waals surface area contributed by atoms with E-state index in [1.165, 1.54) is 6.07 Å². The van der Waals surface area contributed by atoms with Crippen molar-refractivity contribution in [1.82, 2.24) is 19.7 Å². The number of pyridine rings is 1. The summed E-state index contributed by atoms with van der Waals surface area (Å²) < 4.78 is 41.7. The Morgan fingerprint density at radius 1 is 1.10 bits per heavy atom. The number of rotatable bonds is 6. The van der Waals surface area contributed by atoms with Crippen molar-refractivity contribution in [3.8, 4) is 11.1 Å². The van der Waals surface area contributed by atoms with E-state index in [-0.39, 0.29) is 35.0 Å². The lowest BCUT2D eigenvalue weighted by atomic mass is 9.98. The second-order valence-electron chi connectivity index (χ2n) is 10.0. The highest BCUT2D eigenvalue weighted by Crippen LogP contribution is 2.34. The average molecular weight is 552 g/mol. The number of nitrogens with two attached hydrogens (primary N) is 1. The number of hydrogen-bond acceptors (Lipinski definition) is 5. The number of aromatic nitrogens is 3. The van der Waals surface area contributed by atoms with Gasteiger partial charge in [0.25, 0.3) is 5.91 Å². The van der Waals surface area contributed by atoms with Crippen LogP contribution in [0.25, 0.3) is 22.0 Å². The summed E-state index contributed by atoms with van der Waals surface area (Å²) in [4.78, 5) is 30.3. The van der Waals surface area contributed by atoms with E-state index >= 15 is 0 Å². The van der Waals surface area contributed by atoms with E-state index in [0.717, 1.165) is 29.7 Å². The molecule has 0 unspecified atom stereocenters.